The lowest BCUT2D eigenvalue weighted by Gasteiger charge is -2.32. The first-order valence-corrected chi connectivity index (χ1v) is 21.8. The van der Waals surface area contributed by atoms with E-state index in [2.05, 4.69) is 40.2 Å². The first-order chi connectivity index (χ1) is 28.6. The van der Waals surface area contributed by atoms with Crippen LogP contribution in [-0.2, 0) is 54.4 Å². The molecule has 0 radical (unpaired) electrons. The third kappa shape index (κ3) is 8.56. The molecule has 2 amide bonds. The number of rotatable bonds is 9. The normalized spacial score (nSPS) is 18.9. The van der Waals surface area contributed by atoms with Gasteiger partial charge in [0.05, 0.1) is 22.6 Å². The molecule has 4 aromatic carbocycles. The van der Waals surface area contributed by atoms with Crippen molar-refractivity contribution in [2.24, 2.45) is 0 Å². The Morgan fingerprint density at radius 2 is 1.13 bits per heavy atom. The quantitative estimate of drug-likeness (QED) is 0.121. The minimum Gasteiger partial charge on any atom is -0.461 e. The summed E-state index contributed by atoms with van der Waals surface area (Å²) >= 11 is 3.52. The average Bonchev–Trinajstić information content (AvgIpc) is 4.14. The van der Waals surface area contributed by atoms with Gasteiger partial charge >= 0.3 is 19.1 Å². The Morgan fingerprint density at radius 3 is 1.60 bits per heavy atom. The Labute approximate surface area is 361 Å². The van der Waals surface area contributed by atoms with Gasteiger partial charge in [-0.15, -0.1) is 0 Å². The second-order valence-corrected chi connectivity index (χ2v) is 18.4. The Morgan fingerprint density at radius 1 is 0.683 bits per heavy atom. The van der Waals surface area contributed by atoms with Gasteiger partial charge < -0.3 is 28.6 Å². The van der Waals surface area contributed by atoms with Gasteiger partial charge in [-0.1, -0.05) is 58.4 Å². The summed E-state index contributed by atoms with van der Waals surface area (Å²) in [7, 11) is -0.621. The van der Waals surface area contributed by atoms with Gasteiger partial charge in [0.2, 0.25) is 0 Å². The van der Waals surface area contributed by atoms with E-state index in [-0.39, 0.29) is 37.0 Å². The molecule has 9 rings (SSSR count). The van der Waals surface area contributed by atoms with E-state index in [1.165, 1.54) is 50.7 Å². The summed E-state index contributed by atoms with van der Waals surface area (Å²) in [6.45, 7) is 12.2. The smallest absolute Gasteiger partial charge is 0.461 e. The van der Waals surface area contributed by atoms with Crippen LogP contribution in [0.15, 0.2) is 77.3 Å². The SMILES string of the molecule is CC(=O)OCc1c(B2OC(C)(C)C(C)(C)O2)cccc1N1CCc2cc(C3CC3)ccc2C1=O.CC(=O)OCc1c(Br)cccc1N1CCc2cc(C3CC3)ccc2C1=O. The Balaban J connectivity index is 0.000000172. The van der Waals surface area contributed by atoms with E-state index in [1.54, 1.807) is 9.80 Å². The van der Waals surface area contributed by atoms with E-state index >= 15 is 0 Å². The van der Waals surface area contributed by atoms with Gasteiger partial charge in [-0.05, 0) is 136 Å². The monoisotopic (exact) mass is 874 g/mol. The number of esters is 2. The number of ether oxygens (including phenoxy) is 2. The molecular formula is C48H52BBrN2O8. The predicted molar refractivity (Wildman–Crippen MR) is 235 cm³/mol. The topological polar surface area (TPSA) is 112 Å². The second-order valence-electron chi connectivity index (χ2n) is 17.5. The highest BCUT2D eigenvalue weighted by Gasteiger charge is 2.52. The molecule has 10 nitrogen and oxygen atoms in total. The number of hydrogen-bond donors (Lipinski definition) is 0. The minimum atomic E-state index is -0.621. The van der Waals surface area contributed by atoms with Crippen LogP contribution in [0.4, 0.5) is 11.4 Å². The summed E-state index contributed by atoms with van der Waals surface area (Å²) in [5, 5.41) is 0. The van der Waals surface area contributed by atoms with Crippen LogP contribution >= 0.6 is 15.9 Å². The molecule has 0 N–H and O–H groups in total. The lowest BCUT2D eigenvalue weighted by molar-refractivity contribution is -0.143. The number of carbonyl (C=O) groups excluding carboxylic acids is 4. The van der Waals surface area contributed by atoms with E-state index in [1.807, 2.05) is 76.2 Å². The van der Waals surface area contributed by atoms with Crippen LogP contribution in [0.1, 0.15) is 133 Å². The molecule has 3 fully saturated rings. The second kappa shape index (κ2) is 16.6. The van der Waals surface area contributed by atoms with Gasteiger partial charge in [0.15, 0.2) is 0 Å². The molecule has 12 heteroatoms. The van der Waals surface area contributed by atoms with Crippen molar-refractivity contribution in [3.8, 4) is 0 Å². The number of amides is 2. The van der Waals surface area contributed by atoms with Crippen molar-refractivity contribution in [1.82, 2.24) is 0 Å². The molecule has 0 spiro atoms. The molecule has 3 heterocycles. The van der Waals surface area contributed by atoms with Crippen LogP contribution in [0.3, 0.4) is 0 Å². The highest BCUT2D eigenvalue weighted by molar-refractivity contribution is 9.10. The number of hydrogen-bond acceptors (Lipinski definition) is 8. The van der Waals surface area contributed by atoms with Crippen LogP contribution in [0.25, 0.3) is 0 Å². The zero-order valence-corrected chi connectivity index (χ0v) is 36.9. The maximum Gasteiger partial charge on any atom is 0.495 e. The molecule has 2 saturated carbocycles. The van der Waals surface area contributed by atoms with Crippen molar-refractivity contribution in [2.75, 3.05) is 22.9 Å². The Kier molecular flexibility index (Phi) is 11.6. The van der Waals surface area contributed by atoms with Crippen molar-refractivity contribution in [2.45, 2.75) is 116 Å². The molecule has 0 unspecified atom stereocenters. The number of benzene rings is 4. The maximum absolute atomic E-state index is 13.6. The van der Waals surface area contributed by atoms with Crippen LogP contribution in [0, 0.1) is 0 Å². The molecule has 4 aromatic rings. The fourth-order valence-corrected chi connectivity index (χ4v) is 8.77. The molecule has 0 bridgehead atoms. The zero-order valence-electron chi connectivity index (χ0n) is 35.3. The van der Waals surface area contributed by atoms with E-state index < -0.39 is 18.3 Å². The molecular weight excluding hydrogens is 823 g/mol. The predicted octanol–water partition coefficient (Wildman–Crippen LogP) is 8.72. The Hall–Kier alpha value is -4.78. The highest BCUT2D eigenvalue weighted by atomic mass is 79.9. The van der Waals surface area contributed by atoms with E-state index in [0.717, 1.165) is 67.5 Å². The van der Waals surface area contributed by atoms with Gasteiger partial charge in [0.1, 0.15) is 13.2 Å². The third-order valence-electron chi connectivity index (χ3n) is 12.7. The minimum absolute atomic E-state index is 0.00997. The highest BCUT2D eigenvalue weighted by Crippen LogP contribution is 2.43. The first-order valence-electron chi connectivity index (χ1n) is 21.0. The Bertz CT molecular complexity index is 2350. The van der Waals surface area contributed by atoms with Crippen molar-refractivity contribution in [3.63, 3.8) is 0 Å². The van der Waals surface area contributed by atoms with Gasteiger partial charge in [-0.3, -0.25) is 19.2 Å². The number of fused-ring (bicyclic) bond motifs is 2. The molecule has 3 aliphatic heterocycles. The summed E-state index contributed by atoms with van der Waals surface area (Å²) in [6, 6.07) is 24.0. The summed E-state index contributed by atoms with van der Waals surface area (Å²) in [6.07, 6.45) is 6.62. The lowest BCUT2D eigenvalue weighted by atomic mass is 9.75. The summed E-state index contributed by atoms with van der Waals surface area (Å²) < 4.78 is 24.0. The van der Waals surface area contributed by atoms with Gasteiger partial charge in [-0.2, -0.15) is 0 Å². The molecule has 2 aliphatic carbocycles. The number of halogens is 1. The van der Waals surface area contributed by atoms with E-state index in [9.17, 15) is 19.2 Å². The zero-order chi connectivity index (χ0) is 42.5. The van der Waals surface area contributed by atoms with Crippen LogP contribution in [0.5, 0.6) is 0 Å². The maximum atomic E-state index is 13.6. The van der Waals surface area contributed by atoms with Crippen LogP contribution < -0.4 is 15.3 Å². The largest absolute Gasteiger partial charge is 0.495 e. The fraction of sp³-hybridized carbons (Fsp3) is 0.417. The molecule has 1 saturated heterocycles. The first kappa shape index (κ1) is 41.9. The third-order valence-corrected chi connectivity index (χ3v) is 13.5. The lowest BCUT2D eigenvalue weighted by Crippen LogP contribution is -2.42. The molecule has 312 valence electrons. The standard InChI is InChI=1S/C27H32BNO5.C21H20BrNO3/c1-17(30)32-16-22-23(28-33-26(2,3)27(4,5)34-28)7-6-8-24(22)29-14-13-20-15-19(18-9-10-18)11-12-21(20)25(29)31;1-13(24)26-12-18-19(22)3-2-4-20(18)23-10-9-16-11-15(14-5-6-14)7-8-17(16)21(23)25/h6-8,11-12,15,18H,9-10,13-14,16H2,1-5H3;2-4,7-8,11,14H,5-6,9-10,12H2,1H3. The summed E-state index contributed by atoms with van der Waals surface area (Å²) in [5.41, 5.74) is 9.34. The van der Waals surface area contributed by atoms with Crippen molar-refractivity contribution >= 4 is 63.6 Å². The van der Waals surface area contributed by atoms with Gasteiger partial charge in [0, 0.05) is 53.7 Å². The van der Waals surface area contributed by atoms with E-state index in [0.29, 0.717) is 24.9 Å². The summed E-state index contributed by atoms with van der Waals surface area (Å²) in [4.78, 5) is 53.2. The molecule has 0 atom stereocenters. The van der Waals surface area contributed by atoms with E-state index in [4.69, 9.17) is 18.8 Å². The average molecular weight is 876 g/mol. The fourth-order valence-electron chi connectivity index (χ4n) is 8.30. The number of nitrogens with zero attached hydrogens (tertiary/aromatic N) is 2. The molecule has 5 aliphatic rings. The van der Waals surface area contributed by atoms with Crippen LogP contribution in [-0.4, -0.2) is 55.2 Å². The van der Waals surface area contributed by atoms with Crippen LogP contribution in [0.2, 0.25) is 0 Å². The van der Waals surface area contributed by atoms with Crippen molar-refractivity contribution in [1.29, 1.82) is 0 Å². The molecule has 0 aromatic heterocycles. The van der Waals surface area contributed by atoms with Crippen molar-refractivity contribution < 1.29 is 38.0 Å². The summed E-state index contributed by atoms with van der Waals surface area (Å²) in [5.74, 6) is 0.612. The van der Waals surface area contributed by atoms with Gasteiger partial charge in [-0.25, -0.2) is 0 Å². The number of carbonyl (C=O) groups is 4. The van der Waals surface area contributed by atoms with Crippen molar-refractivity contribution in [3.05, 3.63) is 122 Å². The van der Waals surface area contributed by atoms with Gasteiger partial charge in [0.25, 0.3) is 11.8 Å². The molecule has 60 heavy (non-hydrogen) atoms. The number of anilines is 2.